The summed E-state index contributed by atoms with van der Waals surface area (Å²) < 4.78 is 34.4. The van der Waals surface area contributed by atoms with E-state index in [4.69, 9.17) is 4.74 Å². The second-order valence-corrected chi connectivity index (χ2v) is 10.5. The minimum Gasteiger partial charge on any atom is -0.491 e. The molecule has 0 aliphatic carbocycles. The van der Waals surface area contributed by atoms with Crippen LogP contribution < -0.4 is 9.46 Å². The molecule has 0 amide bonds. The first-order valence-electron chi connectivity index (χ1n) is 11.7. The highest BCUT2D eigenvalue weighted by Gasteiger charge is 2.28. The van der Waals surface area contributed by atoms with Crippen molar-refractivity contribution in [1.82, 2.24) is 9.62 Å². The molecule has 0 heterocycles. The Kier molecular flexibility index (Phi) is 13.3. The molecule has 2 atom stereocenters. The first-order valence-corrected chi connectivity index (χ1v) is 13.3. The predicted molar refractivity (Wildman–Crippen MR) is 128 cm³/mol. The molecule has 0 saturated heterocycles. The summed E-state index contributed by atoms with van der Waals surface area (Å²) in [5.41, 5.74) is 0. The van der Waals surface area contributed by atoms with Crippen LogP contribution in [0.15, 0.2) is 30.3 Å². The fraction of sp³-hybridized carbons (Fsp3) is 0.750. The molecule has 30 heavy (non-hydrogen) atoms. The van der Waals surface area contributed by atoms with Gasteiger partial charge in [-0.15, -0.1) is 0 Å². The molecule has 0 saturated carbocycles. The zero-order chi connectivity index (χ0) is 22.4. The van der Waals surface area contributed by atoms with Gasteiger partial charge < -0.3 is 9.64 Å². The van der Waals surface area contributed by atoms with Crippen molar-refractivity contribution < 1.29 is 13.2 Å². The Morgan fingerprint density at radius 3 is 2.17 bits per heavy atom. The first kappa shape index (κ1) is 26.9. The van der Waals surface area contributed by atoms with E-state index < -0.39 is 10.0 Å². The molecule has 1 aromatic rings. The average molecular weight is 441 g/mol. The van der Waals surface area contributed by atoms with Crippen LogP contribution in [0.25, 0.3) is 0 Å². The summed E-state index contributed by atoms with van der Waals surface area (Å²) in [4.78, 5) is 2.43. The minimum atomic E-state index is -3.32. The lowest BCUT2D eigenvalue weighted by Gasteiger charge is -2.23. The van der Waals surface area contributed by atoms with Crippen LogP contribution in [0, 0.1) is 5.92 Å². The van der Waals surface area contributed by atoms with Crippen molar-refractivity contribution in [3.05, 3.63) is 30.3 Å². The van der Waals surface area contributed by atoms with Crippen LogP contribution in [0.3, 0.4) is 0 Å². The molecular weight excluding hydrogens is 396 g/mol. The molecule has 1 rings (SSSR count). The number of ether oxygens (including phenoxy) is 1. The van der Waals surface area contributed by atoms with Gasteiger partial charge in [-0.25, -0.2) is 13.1 Å². The molecule has 1 N–H and O–H groups in total. The maximum absolute atomic E-state index is 12.8. The van der Waals surface area contributed by atoms with Gasteiger partial charge in [0.25, 0.3) is 0 Å². The summed E-state index contributed by atoms with van der Waals surface area (Å²) in [7, 11) is -3.32. The molecule has 0 aliphatic heterocycles. The van der Waals surface area contributed by atoms with Crippen LogP contribution in [0.5, 0.6) is 5.75 Å². The Labute approximate surface area is 185 Å². The van der Waals surface area contributed by atoms with Gasteiger partial charge in [0.1, 0.15) is 5.75 Å². The molecule has 2 unspecified atom stereocenters. The number of benzene rings is 1. The Morgan fingerprint density at radius 2 is 1.57 bits per heavy atom. The summed E-state index contributed by atoms with van der Waals surface area (Å²) in [6, 6.07) is 9.69. The third-order valence-corrected chi connectivity index (χ3v) is 7.86. The molecule has 0 aliphatic rings. The van der Waals surface area contributed by atoms with Crippen LogP contribution >= 0.6 is 0 Å². The van der Waals surface area contributed by atoms with E-state index in [0.29, 0.717) is 19.4 Å². The lowest BCUT2D eigenvalue weighted by Crippen LogP contribution is -2.38. The Balaban J connectivity index is 2.35. The van der Waals surface area contributed by atoms with E-state index >= 15 is 0 Å². The molecule has 5 nitrogen and oxygen atoms in total. The molecule has 0 spiro atoms. The quantitative estimate of drug-likeness (QED) is 0.343. The van der Waals surface area contributed by atoms with Gasteiger partial charge in [-0.3, -0.25) is 0 Å². The highest BCUT2D eigenvalue weighted by Crippen LogP contribution is 2.20. The van der Waals surface area contributed by atoms with Gasteiger partial charge >= 0.3 is 0 Å². The highest BCUT2D eigenvalue weighted by molar-refractivity contribution is 7.90. The number of sulfonamides is 1. The summed E-state index contributed by atoms with van der Waals surface area (Å²) >= 11 is 0. The Morgan fingerprint density at radius 1 is 0.933 bits per heavy atom. The zero-order valence-electron chi connectivity index (χ0n) is 19.8. The SMILES string of the molecule is CCN(CC)CCCCCCNS(=O)(=O)C(CCC(C)Oc1ccccc1)C(C)C. The van der Waals surface area contributed by atoms with Crippen molar-refractivity contribution in [2.75, 3.05) is 26.2 Å². The number of nitrogens with one attached hydrogen (secondary N) is 1. The average Bonchev–Trinajstić information content (AvgIpc) is 2.70. The second kappa shape index (κ2) is 14.8. The van der Waals surface area contributed by atoms with Gasteiger partial charge in [-0.05, 0) is 70.3 Å². The largest absolute Gasteiger partial charge is 0.491 e. The number of para-hydroxylation sites is 1. The monoisotopic (exact) mass is 440 g/mol. The maximum Gasteiger partial charge on any atom is 0.214 e. The molecule has 0 aromatic heterocycles. The van der Waals surface area contributed by atoms with E-state index in [-0.39, 0.29) is 17.3 Å². The lowest BCUT2D eigenvalue weighted by atomic mass is 10.0. The van der Waals surface area contributed by atoms with Crippen LogP contribution in [0.2, 0.25) is 0 Å². The van der Waals surface area contributed by atoms with E-state index in [2.05, 4.69) is 23.5 Å². The predicted octanol–water partition coefficient (Wildman–Crippen LogP) is 5.08. The number of unbranched alkanes of at least 4 members (excludes halogenated alkanes) is 3. The molecule has 0 radical (unpaired) electrons. The van der Waals surface area contributed by atoms with Gasteiger partial charge in [-0.2, -0.15) is 0 Å². The van der Waals surface area contributed by atoms with Crippen molar-refractivity contribution >= 4 is 10.0 Å². The number of rotatable bonds is 17. The standard InChI is InChI=1S/C24H44N2O3S/c1-6-26(7-2)20-14-9-8-13-19-25-30(27,28)24(21(3)4)18-17-22(5)29-23-15-11-10-12-16-23/h10-12,15-16,21-22,24-25H,6-9,13-14,17-20H2,1-5H3. The van der Waals surface area contributed by atoms with Gasteiger partial charge in [0, 0.05) is 6.54 Å². The van der Waals surface area contributed by atoms with Crippen molar-refractivity contribution in [3.63, 3.8) is 0 Å². The fourth-order valence-electron chi connectivity index (χ4n) is 3.71. The molecule has 1 aromatic carbocycles. The maximum atomic E-state index is 12.8. The Bertz CT molecular complexity index is 646. The fourth-order valence-corrected chi connectivity index (χ4v) is 5.52. The van der Waals surface area contributed by atoms with Gasteiger partial charge in [-0.1, -0.05) is 58.7 Å². The molecule has 0 bridgehead atoms. The summed E-state index contributed by atoms with van der Waals surface area (Å²) in [6.45, 7) is 14.2. The van der Waals surface area contributed by atoms with E-state index in [1.54, 1.807) is 0 Å². The van der Waals surface area contributed by atoms with Crippen LogP contribution in [-0.2, 0) is 10.0 Å². The molecule has 174 valence electrons. The van der Waals surface area contributed by atoms with Crippen LogP contribution in [0.1, 0.15) is 73.1 Å². The minimum absolute atomic E-state index is 0.0188. The van der Waals surface area contributed by atoms with Crippen molar-refractivity contribution in [2.45, 2.75) is 84.5 Å². The van der Waals surface area contributed by atoms with Gasteiger partial charge in [0.2, 0.25) is 10.0 Å². The smallest absolute Gasteiger partial charge is 0.214 e. The Hall–Kier alpha value is -1.11. The third kappa shape index (κ3) is 10.8. The molecular formula is C24H44N2O3S. The van der Waals surface area contributed by atoms with Gasteiger partial charge in [0.15, 0.2) is 0 Å². The van der Waals surface area contributed by atoms with E-state index in [0.717, 1.165) is 44.6 Å². The van der Waals surface area contributed by atoms with E-state index in [9.17, 15) is 8.42 Å². The van der Waals surface area contributed by atoms with Crippen molar-refractivity contribution in [2.24, 2.45) is 5.92 Å². The number of hydrogen-bond donors (Lipinski definition) is 1. The van der Waals surface area contributed by atoms with E-state index in [1.807, 2.05) is 51.1 Å². The number of nitrogens with zero attached hydrogens (tertiary/aromatic N) is 1. The van der Waals surface area contributed by atoms with Crippen molar-refractivity contribution in [1.29, 1.82) is 0 Å². The third-order valence-electron chi connectivity index (χ3n) is 5.68. The van der Waals surface area contributed by atoms with E-state index in [1.165, 1.54) is 6.42 Å². The summed E-state index contributed by atoms with van der Waals surface area (Å²) in [5.74, 6) is 0.897. The van der Waals surface area contributed by atoms with Crippen LogP contribution in [0.4, 0.5) is 0 Å². The molecule has 6 heteroatoms. The summed E-state index contributed by atoms with van der Waals surface area (Å²) in [6.07, 6.45) is 5.60. The number of hydrogen-bond acceptors (Lipinski definition) is 4. The highest BCUT2D eigenvalue weighted by atomic mass is 32.2. The second-order valence-electron chi connectivity index (χ2n) is 8.48. The molecule has 0 fully saturated rings. The summed E-state index contributed by atoms with van der Waals surface area (Å²) in [5, 5.41) is -0.387. The normalized spacial score (nSPS) is 14.2. The first-order chi connectivity index (χ1) is 14.3. The zero-order valence-corrected chi connectivity index (χ0v) is 20.6. The lowest BCUT2D eigenvalue weighted by molar-refractivity contribution is 0.205. The van der Waals surface area contributed by atoms with Gasteiger partial charge in [0.05, 0.1) is 11.4 Å². The van der Waals surface area contributed by atoms with Crippen molar-refractivity contribution in [3.8, 4) is 5.75 Å². The topological polar surface area (TPSA) is 58.6 Å². The van der Waals surface area contributed by atoms with Crippen LogP contribution in [-0.4, -0.2) is 50.9 Å².